The van der Waals surface area contributed by atoms with E-state index in [4.69, 9.17) is 0 Å². The molecular weight excluding hydrogens is 302 g/mol. The minimum atomic E-state index is 0.0855. The highest BCUT2D eigenvalue weighted by atomic mass is 16.2. The summed E-state index contributed by atoms with van der Waals surface area (Å²) >= 11 is 0. The first kappa shape index (κ1) is 14.7. The van der Waals surface area contributed by atoms with E-state index in [0.29, 0.717) is 13.1 Å². The second kappa shape index (κ2) is 5.96. The van der Waals surface area contributed by atoms with Gasteiger partial charge in [0.1, 0.15) is 5.69 Å². The van der Waals surface area contributed by atoms with Crippen molar-refractivity contribution in [2.45, 2.75) is 0 Å². The zero-order valence-electron chi connectivity index (χ0n) is 13.6. The van der Waals surface area contributed by atoms with Crippen LogP contribution in [-0.2, 0) is 7.05 Å². The molecule has 6 heteroatoms. The van der Waals surface area contributed by atoms with Gasteiger partial charge in [-0.05, 0) is 18.2 Å². The molecule has 0 bridgehead atoms. The van der Waals surface area contributed by atoms with Crippen molar-refractivity contribution < 1.29 is 4.79 Å². The number of aromatic nitrogens is 3. The fraction of sp³-hybridized carbons (Fsp3) is 0.278. The van der Waals surface area contributed by atoms with Crippen LogP contribution in [-0.4, -0.2) is 51.5 Å². The first-order chi connectivity index (χ1) is 11.7. The van der Waals surface area contributed by atoms with Gasteiger partial charge in [0.25, 0.3) is 5.91 Å². The third-order valence-electron chi connectivity index (χ3n) is 4.57. The number of carbonyl (C=O) groups is 1. The van der Waals surface area contributed by atoms with E-state index in [2.05, 4.69) is 14.9 Å². The van der Waals surface area contributed by atoms with Gasteiger partial charge in [-0.15, -0.1) is 0 Å². The van der Waals surface area contributed by atoms with Gasteiger partial charge in [-0.2, -0.15) is 0 Å². The van der Waals surface area contributed by atoms with Crippen LogP contribution in [0.4, 0.5) is 5.95 Å². The van der Waals surface area contributed by atoms with E-state index in [9.17, 15) is 4.79 Å². The molecule has 4 rings (SSSR count). The molecule has 1 aliphatic heterocycles. The topological polar surface area (TPSA) is 54.3 Å². The summed E-state index contributed by atoms with van der Waals surface area (Å²) in [5.41, 5.74) is 1.82. The standard InChI is InChI=1S/C18H19N5O/c1-21-15-6-3-2-5-14(15)13-16(21)17(24)22-9-11-23(12-10-22)18-19-7-4-8-20-18/h2-8,13H,9-12H2,1H3. The molecule has 0 spiro atoms. The predicted octanol–water partition coefficient (Wildman–Crippen LogP) is 1.93. The minimum Gasteiger partial charge on any atom is -0.340 e. The Bertz CT molecular complexity index is 866. The number of amides is 1. The van der Waals surface area contributed by atoms with Crippen molar-refractivity contribution in [3.8, 4) is 0 Å². The minimum absolute atomic E-state index is 0.0855. The summed E-state index contributed by atoms with van der Waals surface area (Å²) in [6.45, 7) is 2.86. The third-order valence-corrected chi connectivity index (χ3v) is 4.57. The van der Waals surface area contributed by atoms with Crippen LogP contribution in [0.15, 0.2) is 48.8 Å². The summed E-state index contributed by atoms with van der Waals surface area (Å²) in [7, 11) is 1.95. The average Bonchev–Trinajstić information content (AvgIpc) is 2.99. The van der Waals surface area contributed by atoms with Crippen LogP contribution in [0, 0.1) is 0 Å². The fourth-order valence-electron chi connectivity index (χ4n) is 3.22. The number of aryl methyl sites for hydroxylation is 1. The third kappa shape index (κ3) is 2.50. The number of rotatable bonds is 2. The number of nitrogens with zero attached hydrogens (tertiary/aromatic N) is 5. The van der Waals surface area contributed by atoms with Gasteiger partial charge in [0.15, 0.2) is 0 Å². The van der Waals surface area contributed by atoms with Crippen molar-refractivity contribution in [2.75, 3.05) is 31.1 Å². The number of benzene rings is 1. The van der Waals surface area contributed by atoms with Crippen LogP contribution < -0.4 is 4.90 Å². The number of piperazine rings is 1. The van der Waals surface area contributed by atoms with Crippen LogP contribution in [0.1, 0.15) is 10.5 Å². The maximum Gasteiger partial charge on any atom is 0.270 e. The van der Waals surface area contributed by atoms with Crippen molar-refractivity contribution in [1.29, 1.82) is 0 Å². The van der Waals surface area contributed by atoms with Gasteiger partial charge in [0, 0.05) is 56.5 Å². The molecule has 122 valence electrons. The van der Waals surface area contributed by atoms with E-state index in [1.807, 2.05) is 52.9 Å². The Labute approximate surface area is 140 Å². The Morgan fingerprint density at radius 1 is 1.00 bits per heavy atom. The second-order valence-electron chi connectivity index (χ2n) is 5.98. The summed E-state index contributed by atoms with van der Waals surface area (Å²) in [6.07, 6.45) is 3.49. The Hall–Kier alpha value is -2.89. The molecule has 0 N–H and O–H groups in total. The van der Waals surface area contributed by atoms with Crippen molar-refractivity contribution >= 4 is 22.8 Å². The van der Waals surface area contributed by atoms with Gasteiger partial charge in [-0.25, -0.2) is 9.97 Å². The molecule has 0 aliphatic carbocycles. The lowest BCUT2D eigenvalue weighted by Crippen LogP contribution is -2.49. The van der Waals surface area contributed by atoms with Crippen LogP contribution in [0.5, 0.6) is 0 Å². The molecule has 0 radical (unpaired) electrons. The smallest absolute Gasteiger partial charge is 0.270 e. The van der Waals surface area contributed by atoms with Crippen molar-refractivity contribution in [3.63, 3.8) is 0 Å². The van der Waals surface area contributed by atoms with Crippen molar-refractivity contribution in [2.24, 2.45) is 7.05 Å². The van der Waals surface area contributed by atoms with Gasteiger partial charge < -0.3 is 14.4 Å². The molecule has 3 heterocycles. The van der Waals surface area contributed by atoms with Gasteiger partial charge in [0.2, 0.25) is 5.95 Å². The molecule has 0 saturated carbocycles. The zero-order chi connectivity index (χ0) is 16.5. The summed E-state index contributed by atoms with van der Waals surface area (Å²) in [6, 6.07) is 11.9. The summed E-state index contributed by atoms with van der Waals surface area (Å²) in [4.78, 5) is 25.5. The summed E-state index contributed by atoms with van der Waals surface area (Å²) in [5.74, 6) is 0.816. The molecule has 1 aliphatic rings. The first-order valence-electron chi connectivity index (χ1n) is 8.10. The first-order valence-corrected chi connectivity index (χ1v) is 8.10. The number of hydrogen-bond acceptors (Lipinski definition) is 4. The molecule has 24 heavy (non-hydrogen) atoms. The Morgan fingerprint density at radius 3 is 2.42 bits per heavy atom. The molecular formula is C18H19N5O. The van der Waals surface area contributed by atoms with Gasteiger partial charge in [0.05, 0.1) is 0 Å². The number of fused-ring (bicyclic) bond motifs is 1. The lowest BCUT2D eigenvalue weighted by Gasteiger charge is -2.34. The van der Waals surface area contributed by atoms with Crippen LogP contribution >= 0.6 is 0 Å². The number of para-hydroxylation sites is 1. The van der Waals surface area contributed by atoms with E-state index in [1.54, 1.807) is 12.4 Å². The van der Waals surface area contributed by atoms with E-state index < -0.39 is 0 Å². The maximum absolute atomic E-state index is 12.9. The normalized spacial score (nSPS) is 15.0. The van der Waals surface area contributed by atoms with Crippen molar-refractivity contribution in [1.82, 2.24) is 19.4 Å². The van der Waals surface area contributed by atoms with Crippen LogP contribution in [0.3, 0.4) is 0 Å². The van der Waals surface area contributed by atoms with Crippen molar-refractivity contribution in [3.05, 3.63) is 54.5 Å². The molecule has 0 unspecified atom stereocenters. The van der Waals surface area contributed by atoms with Gasteiger partial charge in [-0.3, -0.25) is 4.79 Å². The molecule has 2 aromatic heterocycles. The van der Waals surface area contributed by atoms with Gasteiger partial charge >= 0.3 is 0 Å². The monoisotopic (exact) mass is 321 g/mol. The lowest BCUT2D eigenvalue weighted by molar-refractivity contribution is 0.0737. The van der Waals surface area contributed by atoms with E-state index in [0.717, 1.165) is 35.6 Å². The quantitative estimate of drug-likeness (QED) is 0.724. The predicted molar refractivity (Wildman–Crippen MR) is 93.1 cm³/mol. The summed E-state index contributed by atoms with van der Waals surface area (Å²) in [5, 5.41) is 1.10. The number of anilines is 1. The highest BCUT2D eigenvalue weighted by molar-refractivity contribution is 5.98. The highest BCUT2D eigenvalue weighted by Crippen LogP contribution is 2.20. The average molecular weight is 321 g/mol. The number of carbonyl (C=O) groups excluding carboxylic acids is 1. The van der Waals surface area contributed by atoms with E-state index >= 15 is 0 Å². The van der Waals surface area contributed by atoms with Crippen LogP contribution in [0.2, 0.25) is 0 Å². The Balaban J connectivity index is 1.51. The zero-order valence-corrected chi connectivity index (χ0v) is 13.6. The van der Waals surface area contributed by atoms with E-state index in [1.165, 1.54) is 0 Å². The van der Waals surface area contributed by atoms with Crippen LogP contribution in [0.25, 0.3) is 10.9 Å². The molecule has 1 amide bonds. The molecule has 3 aromatic rings. The largest absolute Gasteiger partial charge is 0.340 e. The second-order valence-corrected chi connectivity index (χ2v) is 5.98. The molecule has 1 fully saturated rings. The Morgan fingerprint density at radius 2 is 1.71 bits per heavy atom. The maximum atomic E-state index is 12.9. The fourth-order valence-corrected chi connectivity index (χ4v) is 3.22. The molecule has 6 nitrogen and oxygen atoms in total. The highest BCUT2D eigenvalue weighted by Gasteiger charge is 2.25. The molecule has 1 aromatic carbocycles. The SMILES string of the molecule is Cn1c(C(=O)N2CCN(c3ncccn3)CC2)cc2ccccc21. The van der Waals surface area contributed by atoms with E-state index in [-0.39, 0.29) is 5.91 Å². The summed E-state index contributed by atoms with van der Waals surface area (Å²) < 4.78 is 1.98. The molecule has 0 atom stereocenters. The molecule has 1 saturated heterocycles. The van der Waals surface area contributed by atoms with Gasteiger partial charge in [-0.1, -0.05) is 18.2 Å². The Kier molecular flexibility index (Phi) is 3.65. The number of hydrogen-bond donors (Lipinski definition) is 0. The lowest BCUT2D eigenvalue weighted by atomic mass is 10.2.